The van der Waals surface area contributed by atoms with Gasteiger partial charge in [0.2, 0.25) is 5.13 Å². The van der Waals surface area contributed by atoms with Gasteiger partial charge in [-0.2, -0.15) is 0 Å². The van der Waals surface area contributed by atoms with Crippen molar-refractivity contribution in [3.05, 3.63) is 29.3 Å². The molecule has 1 aromatic heterocycles. The second-order valence-electron chi connectivity index (χ2n) is 5.03. The molecule has 2 aromatic rings. The molecule has 0 saturated heterocycles. The van der Waals surface area contributed by atoms with Crippen LogP contribution in [0.5, 0.6) is 11.5 Å². The molecule has 1 amide bonds. The van der Waals surface area contributed by atoms with Crippen molar-refractivity contribution in [1.82, 2.24) is 10.2 Å². The first-order valence-corrected chi connectivity index (χ1v) is 8.38. The Morgan fingerprint density at radius 1 is 1.35 bits per heavy atom. The SMILES string of the molecule is CCCCc1nnc(NC(=O)[C@@H](C)Oc2cccc(OC)c2)s1. The van der Waals surface area contributed by atoms with Gasteiger partial charge in [-0.3, -0.25) is 10.1 Å². The van der Waals surface area contributed by atoms with E-state index in [2.05, 4.69) is 22.4 Å². The van der Waals surface area contributed by atoms with Gasteiger partial charge in [-0.25, -0.2) is 0 Å². The van der Waals surface area contributed by atoms with E-state index in [1.807, 2.05) is 12.1 Å². The number of carbonyl (C=O) groups is 1. The van der Waals surface area contributed by atoms with E-state index in [4.69, 9.17) is 9.47 Å². The van der Waals surface area contributed by atoms with Crippen LogP contribution in [0.4, 0.5) is 5.13 Å². The maximum absolute atomic E-state index is 12.2. The summed E-state index contributed by atoms with van der Waals surface area (Å²) in [4.78, 5) is 12.2. The lowest BCUT2D eigenvalue weighted by atomic mass is 10.3. The lowest BCUT2D eigenvalue weighted by Gasteiger charge is -2.14. The molecule has 0 aliphatic carbocycles. The fourth-order valence-electron chi connectivity index (χ4n) is 1.87. The third-order valence-corrected chi connectivity index (χ3v) is 4.06. The lowest BCUT2D eigenvalue weighted by Crippen LogP contribution is -2.30. The molecule has 124 valence electrons. The van der Waals surface area contributed by atoms with E-state index in [9.17, 15) is 4.79 Å². The third kappa shape index (κ3) is 5.21. The highest BCUT2D eigenvalue weighted by Crippen LogP contribution is 2.21. The molecule has 0 aliphatic heterocycles. The van der Waals surface area contributed by atoms with E-state index in [0.29, 0.717) is 16.6 Å². The number of rotatable bonds is 8. The largest absolute Gasteiger partial charge is 0.497 e. The van der Waals surface area contributed by atoms with Gasteiger partial charge in [-0.15, -0.1) is 10.2 Å². The van der Waals surface area contributed by atoms with Crippen LogP contribution < -0.4 is 14.8 Å². The Morgan fingerprint density at radius 3 is 2.87 bits per heavy atom. The van der Waals surface area contributed by atoms with Crippen molar-refractivity contribution in [1.29, 1.82) is 0 Å². The zero-order valence-corrected chi connectivity index (χ0v) is 14.4. The number of nitrogens with zero attached hydrogens (tertiary/aromatic N) is 2. The molecule has 0 fully saturated rings. The van der Waals surface area contributed by atoms with Crippen molar-refractivity contribution in [3.8, 4) is 11.5 Å². The van der Waals surface area contributed by atoms with Crippen LogP contribution in [0.1, 0.15) is 31.7 Å². The van der Waals surface area contributed by atoms with Crippen LogP contribution >= 0.6 is 11.3 Å². The molecule has 7 heteroatoms. The van der Waals surface area contributed by atoms with Gasteiger partial charge in [0.1, 0.15) is 16.5 Å². The fraction of sp³-hybridized carbons (Fsp3) is 0.438. The molecule has 2 rings (SSSR count). The van der Waals surface area contributed by atoms with Crippen LogP contribution in [-0.4, -0.2) is 29.3 Å². The number of unbranched alkanes of at least 4 members (excludes halogenated alkanes) is 1. The molecule has 1 atom stereocenters. The number of nitrogens with one attached hydrogen (secondary N) is 1. The summed E-state index contributed by atoms with van der Waals surface area (Å²) in [5.41, 5.74) is 0. The molecule has 1 aromatic carbocycles. The third-order valence-electron chi connectivity index (χ3n) is 3.16. The summed E-state index contributed by atoms with van der Waals surface area (Å²) in [7, 11) is 1.58. The Balaban J connectivity index is 1.90. The van der Waals surface area contributed by atoms with Crippen molar-refractivity contribution in [2.45, 2.75) is 39.2 Å². The van der Waals surface area contributed by atoms with Crippen molar-refractivity contribution in [2.24, 2.45) is 0 Å². The molecule has 0 unspecified atom stereocenters. The maximum Gasteiger partial charge on any atom is 0.266 e. The molecular weight excluding hydrogens is 314 g/mol. The molecule has 23 heavy (non-hydrogen) atoms. The summed E-state index contributed by atoms with van der Waals surface area (Å²) in [6.45, 7) is 3.81. The zero-order chi connectivity index (χ0) is 16.7. The van der Waals surface area contributed by atoms with Gasteiger partial charge < -0.3 is 9.47 Å². The number of methoxy groups -OCH3 is 1. The Bertz CT molecular complexity index is 645. The summed E-state index contributed by atoms with van der Waals surface area (Å²) in [5, 5.41) is 12.2. The maximum atomic E-state index is 12.2. The van der Waals surface area contributed by atoms with Crippen molar-refractivity contribution in [2.75, 3.05) is 12.4 Å². The van der Waals surface area contributed by atoms with E-state index in [-0.39, 0.29) is 5.91 Å². The Kier molecular flexibility index (Phi) is 6.34. The highest BCUT2D eigenvalue weighted by Gasteiger charge is 2.17. The van der Waals surface area contributed by atoms with Crippen LogP contribution in [0.15, 0.2) is 24.3 Å². The number of amides is 1. The van der Waals surface area contributed by atoms with Crippen molar-refractivity contribution >= 4 is 22.4 Å². The number of carbonyl (C=O) groups excluding carboxylic acids is 1. The van der Waals surface area contributed by atoms with Gasteiger partial charge in [-0.1, -0.05) is 30.7 Å². The second kappa shape index (κ2) is 8.47. The van der Waals surface area contributed by atoms with Crippen LogP contribution in [0, 0.1) is 0 Å². The number of benzene rings is 1. The van der Waals surface area contributed by atoms with Crippen LogP contribution in [0.3, 0.4) is 0 Å². The number of anilines is 1. The first-order chi connectivity index (χ1) is 11.1. The number of ether oxygens (including phenoxy) is 2. The first-order valence-electron chi connectivity index (χ1n) is 7.56. The topological polar surface area (TPSA) is 73.3 Å². The van der Waals surface area contributed by atoms with Gasteiger partial charge in [0.05, 0.1) is 7.11 Å². The summed E-state index contributed by atoms with van der Waals surface area (Å²) in [6.07, 6.45) is 2.41. The van der Waals surface area contributed by atoms with Crippen LogP contribution in [0.2, 0.25) is 0 Å². The van der Waals surface area contributed by atoms with Crippen molar-refractivity contribution in [3.63, 3.8) is 0 Å². The summed E-state index contributed by atoms with van der Waals surface area (Å²) in [6, 6.07) is 7.14. The van der Waals surface area contributed by atoms with Crippen molar-refractivity contribution < 1.29 is 14.3 Å². The van der Waals surface area contributed by atoms with E-state index in [1.165, 1.54) is 11.3 Å². The minimum atomic E-state index is -0.648. The summed E-state index contributed by atoms with van der Waals surface area (Å²) < 4.78 is 10.8. The minimum absolute atomic E-state index is 0.258. The van der Waals surface area contributed by atoms with Gasteiger partial charge in [0, 0.05) is 12.5 Å². The predicted octanol–water partition coefficient (Wildman–Crippen LogP) is 3.30. The molecule has 1 N–H and O–H groups in total. The first kappa shape index (κ1) is 17.2. The molecule has 0 bridgehead atoms. The Labute approximate surface area is 139 Å². The molecule has 6 nitrogen and oxygen atoms in total. The lowest BCUT2D eigenvalue weighted by molar-refractivity contribution is -0.122. The monoisotopic (exact) mass is 335 g/mol. The molecule has 0 spiro atoms. The molecular formula is C16H21N3O3S. The Morgan fingerprint density at radius 2 is 2.13 bits per heavy atom. The molecule has 0 saturated carbocycles. The quantitative estimate of drug-likeness (QED) is 0.801. The standard InChI is InChI=1S/C16H21N3O3S/c1-4-5-9-14-18-19-16(23-14)17-15(20)11(2)22-13-8-6-7-12(10-13)21-3/h6-8,10-11H,4-5,9H2,1-3H3,(H,17,19,20)/t11-/m1/s1. The average Bonchev–Trinajstić information content (AvgIpc) is 3.00. The van der Waals surface area contributed by atoms with Gasteiger partial charge in [-0.05, 0) is 25.5 Å². The average molecular weight is 335 g/mol. The molecule has 0 aliphatic rings. The summed E-state index contributed by atoms with van der Waals surface area (Å²) >= 11 is 1.40. The number of hydrogen-bond donors (Lipinski definition) is 1. The molecule has 1 heterocycles. The zero-order valence-electron chi connectivity index (χ0n) is 13.5. The van der Waals surface area contributed by atoms with Gasteiger partial charge in [0.15, 0.2) is 6.10 Å². The minimum Gasteiger partial charge on any atom is -0.497 e. The van der Waals surface area contributed by atoms with E-state index < -0.39 is 6.10 Å². The fourth-order valence-corrected chi connectivity index (χ4v) is 2.66. The Hall–Kier alpha value is -2.15. The predicted molar refractivity (Wildman–Crippen MR) is 90.2 cm³/mol. The second-order valence-corrected chi connectivity index (χ2v) is 6.09. The normalized spacial score (nSPS) is 11.8. The summed E-state index contributed by atoms with van der Waals surface area (Å²) in [5.74, 6) is 0.999. The number of aryl methyl sites for hydroxylation is 1. The van der Waals surface area contributed by atoms with Crippen LogP contribution in [0.25, 0.3) is 0 Å². The smallest absolute Gasteiger partial charge is 0.266 e. The number of aromatic nitrogens is 2. The molecule has 0 radical (unpaired) electrons. The highest BCUT2D eigenvalue weighted by molar-refractivity contribution is 7.15. The van der Waals surface area contributed by atoms with Gasteiger partial charge in [0.25, 0.3) is 5.91 Å². The van der Waals surface area contributed by atoms with Crippen LogP contribution in [-0.2, 0) is 11.2 Å². The van der Waals surface area contributed by atoms with E-state index in [0.717, 1.165) is 24.3 Å². The van der Waals surface area contributed by atoms with E-state index >= 15 is 0 Å². The number of hydrogen-bond acceptors (Lipinski definition) is 6. The van der Waals surface area contributed by atoms with Gasteiger partial charge >= 0.3 is 0 Å². The highest BCUT2D eigenvalue weighted by atomic mass is 32.1. The van der Waals surface area contributed by atoms with E-state index in [1.54, 1.807) is 26.2 Å².